The number of rotatable bonds is 5. The summed E-state index contributed by atoms with van der Waals surface area (Å²) in [5.41, 5.74) is 6.55. The van der Waals surface area contributed by atoms with Gasteiger partial charge in [-0.1, -0.05) is 6.07 Å². The lowest BCUT2D eigenvalue weighted by Crippen LogP contribution is -2.37. The van der Waals surface area contributed by atoms with E-state index in [1.165, 1.54) is 11.0 Å². The van der Waals surface area contributed by atoms with Crippen LogP contribution in [0.15, 0.2) is 18.2 Å². The van der Waals surface area contributed by atoms with Gasteiger partial charge in [0.15, 0.2) is 0 Å². The second-order valence-corrected chi connectivity index (χ2v) is 7.13. The number of carbonyl (C=O) groups excluding carboxylic acids is 2. The molecule has 4 rings (SSSR count). The van der Waals surface area contributed by atoms with Gasteiger partial charge in [-0.25, -0.2) is 9.18 Å². The van der Waals surface area contributed by atoms with Crippen LogP contribution in [0, 0.1) is 11.7 Å². The molecule has 0 bridgehead atoms. The third kappa shape index (κ3) is 2.83. The highest BCUT2D eigenvalue weighted by atomic mass is 19.3. The number of cyclic esters (lactones) is 1. The fourth-order valence-electron chi connectivity index (χ4n) is 4.20. The predicted molar refractivity (Wildman–Crippen MR) is 89.0 cm³/mol. The third-order valence-electron chi connectivity index (χ3n) is 5.70. The molecule has 7 nitrogen and oxygen atoms in total. The van der Waals surface area contributed by atoms with Crippen LogP contribution < -0.4 is 21.3 Å². The van der Waals surface area contributed by atoms with Crippen LogP contribution in [0.4, 0.5) is 23.7 Å². The maximum Gasteiger partial charge on any atom is 0.414 e. The van der Waals surface area contributed by atoms with Gasteiger partial charge in [0.05, 0.1) is 18.8 Å². The minimum Gasteiger partial charge on any atom is -0.442 e. The molecule has 1 aliphatic carbocycles. The number of fused-ring (bicyclic) bond motifs is 1. The molecular formula is C17H19F3N4O3. The zero-order chi connectivity index (χ0) is 19.3. The zero-order valence-corrected chi connectivity index (χ0v) is 14.3. The first-order chi connectivity index (χ1) is 12.8. The minimum absolute atomic E-state index is 0.0238. The molecule has 146 valence electrons. The lowest BCUT2D eigenvalue weighted by atomic mass is 9.93. The number of hydrogen-bond acceptors (Lipinski definition) is 5. The van der Waals surface area contributed by atoms with Gasteiger partial charge in [0, 0.05) is 24.5 Å². The SMILES string of the molecule is N[C@H]1[C@@H]2CNC[C@]12c1ccc(N2C[C@H](CNC(=O)C(F)F)OC2=O)cc1F. The van der Waals surface area contributed by atoms with Gasteiger partial charge in [-0.3, -0.25) is 9.69 Å². The van der Waals surface area contributed by atoms with Crippen molar-refractivity contribution in [3.8, 4) is 0 Å². The number of nitrogens with two attached hydrogens (primary N) is 1. The maximum absolute atomic E-state index is 14.8. The number of benzene rings is 1. The van der Waals surface area contributed by atoms with Crippen molar-refractivity contribution in [3.63, 3.8) is 0 Å². The third-order valence-corrected chi connectivity index (χ3v) is 5.70. The van der Waals surface area contributed by atoms with Crippen molar-refractivity contribution in [3.05, 3.63) is 29.6 Å². The topological polar surface area (TPSA) is 96.7 Å². The number of anilines is 1. The van der Waals surface area contributed by atoms with E-state index in [4.69, 9.17) is 10.5 Å². The van der Waals surface area contributed by atoms with Crippen LogP contribution in [0.5, 0.6) is 0 Å². The normalized spacial score (nSPS) is 31.8. The maximum atomic E-state index is 14.8. The van der Waals surface area contributed by atoms with E-state index in [0.717, 1.165) is 6.54 Å². The fourth-order valence-corrected chi connectivity index (χ4v) is 4.20. The molecular weight excluding hydrogens is 365 g/mol. The molecule has 0 radical (unpaired) electrons. The van der Waals surface area contributed by atoms with Crippen LogP contribution in [0.3, 0.4) is 0 Å². The molecule has 3 aliphatic rings. The van der Waals surface area contributed by atoms with E-state index in [-0.39, 0.29) is 25.0 Å². The smallest absolute Gasteiger partial charge is 0.414 e. The number of ether oxygens (including phenoxy) is 1. The van der Waals surface area contributed by atoms with Crippen molar-refractivity contribution in [1.29, 1.82) is 0 Å². The number of piperidine rings is 1. The van der Waals surface area contributed by atoms with Gasteiger partial charge in [-0.05, 0) is 23.6 Å². The van der Waals surface area contributed by atoms with E-state index < -0.39 is 35.8 Å². The summed E-state index contributed by atoms with van der Waals surface area (Å²) in [5, 5.41) is 5.22. The lowest BCUT2D eigenvalue weighted by molar-refractivity contribution is -0.132. The summed E-state index contributed by atoms with van der Waals surface area (Å²) >= 11 is 0. The van der Waals surface area contributed by atoms with Crippen molar-refractivity contribution in [2.24, 2.45) is 11.7 Å². The molecule has 0 unspecified atom stereocenters. The average molecular weight is 384 g/mol. The summed E-state index contributed by atoms with van der Waals surface area (Å²) in [5.74, 6) is -1.67. The van der Waals surface area contributed by atoms with E-state index in [2.05, 4.69) is 5.32 Å². The molecule has 0 aromatic heterocycles. The van der Waals surface area contributed by atoms with Gasteiger partial charge in [0.2, 0.25) is 0 Å². The Labute approximate surface area is 153 Å². The quantitative estimate of drug-likeness (QED) is 0.680. The summed E-state index contributed by atoms with van der Waals surface area (Å²) in [6.07, 6.45) is -4.65. The predicted octanol–water partition coefficient (Wildman–Crippen LogP) is 0.330. The summed E-state index contributed by atoms with van der Waals surface area (Å²) in [7, 11) is 0. The van der Waals surface area contributed by atoms with Crippen molar-refractivity contribution >= 4 is 17.7 Å². The molecule has 27 heavy (non-hydrogen) atoms. The number of carbonyl (C=O) groups is 2. The summed E-state index contributed by atoms with van der Waals surface area (Å²) in [6, 6.07) is 4.43. The second kappa shape index (κ2) is 6.38. The Morgan fingerprint density at radius 1 is 1.48 bits per heavy atom. The van der Waals surface area contributed by atoms with Crippen LogP contribution in [0.2, 0.25) is 0 Å². The van der Waals surface area contributed by atoms with Crippen molar-refractivity contribution in [2.45, 2.75) is 24.0 Å². The van der Waals surface area contributed by atoms with E-state index in [1.807, 2.05) is 5.32 Å². The molecule has 4 atom stereocenters. The number of alkyl halides is 2. The molecule has 1 aromatic rings. The standard InChI is InChI=1S/C17H19F3N4O3/c18-12-3-8(1-2-10(12)17-7-22-5-11(17)13(17)21)24-6-9(27-16(24)26)4-23-15(25)14(19)20/h1-3,9,11,13-14,22H,4-7,21H2,(H,23,25)/t9-,11-,13-,17+/m0/s1. The highest BCUT2D eigenvalue weighted by Gasteiger charge is 2.66. The number of hydrogen-bond donors (Lipinski definition) is 3. The van der Waals surface area contributed by atoms with Crippen LogP contribution in [-0.2, 0) is 14.9 Å². The Bertz CT molecular complexity index is 793. The fraction of sp³-hybridized carbons (Fsp3) is 0.529. The van der Waals surface area contributed by atoms with E-state index in [1.54, 1.807) is 12.1 Å². The summed E-state index contributed by atoms with van der Waals surface area (Å²) < 4.78 is 44.2. The van der Waals surface area contributed by atoms with Gasteiger partial charge in [0.25, 0.3) is 5.91 Å². The van der Waals surface area contributed by atoms with E-state index in [0.29, 0.717) is 17.8 Å². The summed E-state index contributed by atoms with van der Waals surface area (Å²) in [6.45, 7) is 1.16. The molecule has 2 heterocycles. The second-order valence-electron chi connectivity index (χ2n) is 7.13. The first-order valence-corrected chi connectivity index (χ1v) is 8.65. The molecule has 1 aromatic carbocycles. The minimum atomic E-state index is -3.14. The highest BCUT2D eigenvalue weighted by Crippen LogP contribution is 2.56. The molecule has 0 spiro atoms. The van der Waals surface area contributed by atoms with Crippen molar-refractivity contribution < 1.29 is 27.5 Å². The number of nitrogens with one attached hydrogen (secondary N) is 2. The molecule has 2 aliphatic heterocycles. The Kier molecular flexibility index (Phi) is 4.26. The first kappa shape index (κ1) is 18.1. The molecule has 3 fully saturated rings. The van der Waals surface area contributed by atoms with Crippen molar-refractivity contribution in [1.82, 2.24) is 10.6 Å². The molecule has 1 saturated carbocycles. The van der Waals surface area contributed by atoms with E-state index in [9.17, 15) is 22.8 Å². The Morgan fingerprint density at radius 3 is 2.89 bits per heavy atom. The van der Waals surface area contributed by atoms with Crippen molar-refractivity contribution in [2.75, 3.05) is 31.1 Å². The van der Waals surface area contributed by atoms with Gasteiger partial charge >= 0.3 is 12.5 Å². The van der Waals surface area contributed by atoms with E-state index >= 15 is 0 Å². The highest BCUT2D eigenvalue weighted by molar-refractivity contribution is 5.90. The molecule has 4 N–H and O–H groups in total. The molecule has 2 amide bonds. The van der Waals surface area contributed by atoms with Crippen LogP contribution in [0.1, 0.15) is 5.56 Å². The van der Waals surface area contributed by atoms with Crippen LogP contribution >= 0.6 is 0 Å². The largest absolute Gasteiger partial charge is 0.442 e. The Hall–Kier alpha value is -2.33. The van der Waals surface area contributed by atoms with Gasteiger partial charge in [-0.2, -0.15) is 8.78 Å². The Morgan fingerprint density at radius 2 is 2.26 bits per heavy atom. The lowest BCUT2D eigenvalue weighted by Gasteiger charge is -2.18. The first-order valence-electron chi connectivity index (χ1n) is 8.65. The number of amides is 2. The average Bonchev–Trinajstić information content (AvgIpc) is 2.99. The molecule has 2 saturated heterocycles. The van der Waals surface area contributed by atoms with Gasteiger partial charge in [0.1, 0.15) is 11.9 Å². The van der Waals surface area contributed by atoms with Gasteiger partial charge < -0.3 is 21.1 Å². The monoisotopic (exact) mass is 384 g/mol. The van der Waals surface area contributed by atoms with Gasteiger partial charge in [-0.15, -0.1) is 0 Å². The van der Waals surface area contributed by atoms with Crippen LogP contribution in [0.25, 0.3) is 0 Å². The van der Waals surface area contributed by atoms with Crippen LogP contribution in [-0.4, -0.2) is 56.8 Å². The summed E-state index contributed by atoms with van der Waals surface area (Å²) in [4.78, 5) is 24.2. The number of halogens is 3. The Balaban J connectivity index is 1.46. The zero-order valence-electron chi connectivity index (χ0n) is 14.3. The number of nitrogens with zero attached hydrogens (tertiary/aromatic N) is 1. The molecule has 10 heteroatoms.